The minimum atomic E-state index is -0.434. The van der Waals surface area contributed by atoms with Crippen molar-refractivity contribution < 1.29 is 9.53 Å². The Labute approximate surface area is 147 Å². The zero-order valence-corrected chi connectivity index (χ0v) is 13.8. The molecule has 0 aliphatic carbocycles. The minimum absolute atomic E-state index is 0.221. The highest BCUT2D eigenvalue weighted by molar-refractivity contribution is 6.41. The van der Waals surface area contributed by atoms with E-state index in [0.29, 0.717) is 22.0 Å². The van der Waals surface area contributed by atoms with Crippen LogP contribution in [0.1, 0.15) is 5.56 Å². The van der Waals surface area contributed by atoms with Gasteiger partial charge >= 0.3 is 0 Å². The van der Waals surface area contributed by atoms with Crippen molar-refractivity contribution in [1.82, 2.24) is 5.43 Å². The SMILES string of the molecule is N#Cc1ccc(OCC(=O)NNc2c(Cl)cc(Cl)cc2Cl)cc1. The molecule has 1 amide bonds. The molecule has 0 aliphatic heterocycles. The van der Waals surface area contributed by atoms with Crippen LogP contribution < -0.4 is 15.6 Å². The van der Waals surface area contributed by atoms with Crippen LogP contribution >= 0.6 is 34.8 Å². The largest absolute Gasteiger partial charge is 0.484 e. The lowest BCUT2D eigenvalue weighted by Gasteiger charge is -2.12. The molecule has 0 aromatic heterocycles. The van der Waals surface area contributed by atoms with E-state index in [1.54, 1.807) is 24.3 Å². The van der Waals surface area contributed by atoms with Gasteiger partial charge in [0.15, 0.2) is 6.61 Å². The Hall–Kier alpha value is -2.13. The second kappa shape index (κ2) is 7.93. The fraction of sp³-hybridized carbons (Fsp3) is 0.0667. The van der Waals surface area contributed by atoms with Crippen molar-refractivity contribution in [3.63, 3.8) is 0 Å². The second-order valence-corrected chi connectivity index (χ2v) is 5.59. The number of amides is 1. The fourth-order valence-electron chi connectivity index (χ4n) is 1.60. The van der Waals surface area contributed by atoms with Crippen LogP contribution in [0.15, 0.2) is 36.4 Å². The summed E-state index contributed by atoms with van der Waals surface area (Å²) >= 11 is 17.8. The lowest BCUT2D eigenvalue weighted by atomic mass is 10.2. The molecule has 23 heavy (non-hydrogen) atoms. The molecule has 0 saturated heterocycles. The van der Waals surface area contributed by atoms with E-state index in [0.717, 1.165) is 0 Å². The third-order valence-electron chi connectivity index (χ3n) is 2.69. The van der Waals surface area contributed by atoms with Gasteiger partial charge in [-0.15, -0.1) is 0 Å². The second-order valence-electron chi connectivity index (χ2n) is 4.34. The van der Waals surface area contributed by atoms with Gasteiger partial charge in [-0.05, 0) is 36.4 Å². The first-order chi connectivity index (χ1) is 11.0. The molecule has 2 N–H and O–H groups in total. The van der Waals surface area contributed by atoms with Crippen molar-refractivity contribution in [1.29, 1.82) is 5.26 Å². The predicted octanol–water partition coefficient (Wildman–Crippen LogP) is 4.04. The van der Waals surface area contributed by atoms with Gasteiger partial charge in [-0.25, -0.2) is 0 Å². The third-order valence-corrected chi connectivity index (χ3v) is 3.50. The van der Waals surface area contributed by atoms with Gasteiger partial charge in [0.25, 0.3) is 5.91 Å². The van der Waals surface area contributed by atoms with Crippen molar-refractivity contribution in [2.45, 2.75) is 0 Å². The number of carbonyl (C=O) groups is 1. The van der Waals surface area contributed by atoms with E-state index in [4.69, 9.17) is 44.8 Å². The van der Waals surface area contributed by atoms with Gasteiger partial charge in [-0.2, -0.15) is 5.26 Å². The zero-order chi connectivity index (χ0) is 16.8. The quantitative estimate of drug-likeness (QED) is 0.779. The summed E-state index contributed by atoms with van der Waals surface area (Å²) in [4.78, 5) is 11.7. The van der Waals surface area contributed by atoms with E-state index in [2.05, 4.69) is 10.9 Å². The van der Waals surface area contributed by atoms with Gasteiger partial charge in [0, 0.05) is 5.02 Å². The van der Waals surface area contributed by atoms with E-state index in [1.807, 2.05) is 6.07 Å². The van der Waals surface area contributed by atoms with Gasteiger partial charge in [0.2, 0.25) is 0 Å². The summed E-state index contributed by atoms with van der Waals surface area (Å²) in [5, 5.41) is 9.63. The first-order valence-corrected chi connectivity index (χ1v) is 7.45. The Morgan fingerprint density at radius 3 is 2.30 bits per heavy atom. The molecule has 2 aromatic rings. The normalized spacial score (nSPS) is 9.83. The Bertz CT molecular complexity index is 735. The van der Waals surface area contributed by atoms with E-state index in [1.165, 1.54) is 12.1 Å². The summed E-state index contributed by atoms with van der Waals surface area (Å²) in [7, 11) is 0. The Kier molecular flexibility index (Phi) is 5.94. The van der Waals surface area contributed by atoms with Crippen LogP contribution in [0.3, 0.4) is 0 Å². The molecule has 0 spiro atoms. The van der Waals surface area contributed by atoms with Gasteiger partial charge < -0.3 is 4.74 Å². The number of hydrogen-bond acceptors (Lipinski definition) is 4. The molecule has 0 aliphatic rings. The van der Waals surface area contributed by atoms with Crippen molar-refractivity contribution >= 4 is 46.4 Å². The van der Waals surface area contributed by atoms with Crippen molar-refractivity contribution in [3.8, 4) is 11.8 Å². The molecular weight excluding hydrogens is 361 g/mol. The van der Waals surface area contributed by atoms with Gasteiger partial charge in [0.1, 0.15) is 5.75 Å². The van der Waals surface area contributed by atoms with Crippen molar-refractivity contribution in [2.75, 3.05) is 12.0 Å². The van der Waals surface area contributed by atoms with Crippen LogP contribution in [0, 0.1) is 11.3 Å². The standard InChI is InChI=1S/C15H10Cl3N3O2/c16-10-5-12(17)15(13(18)6-10)21-20-14(22)8-23-11-3-1-9(7-19)2-4-11/h1-6,21H,8H2,(H,20,22). The molecule has 2 rings (SSSR count). The van der Waals surface area contributed by atoms with Crippen LogP contribution in [0.25, 0.3) is 0 Å². The van der Waals surface area contributed by atoms with E-state index in [9.17, 15) is 4.79 Å². The molecule has 0 fully saturated rings. The van der Waals surface area contributed by atoms with Crippen LogP contribution in [0.4, 0.5) is 5.69 Å². The van der Waals surface area contributed by atoms with Crippen LogP contribution in [0.5, 0.6) is 5.75 Å². The van der Waals surface area contributed by atoms with Gasteiger partial charge in [0.05, 0.1) is 27.4 Å². The summed E-state index contributed by atoms with van der Waals surface area (Å²) in [6, 6.07) is 11.4. The summed E-state index contributed by atoms with van der Waals surface area (Å²) in [5.41, 5.74) is 5.88. The summed E-state index contributed by atoms with van der Waals surface area (Å²) in [6.45, 7) is -0.221. The molecule has 2 aromatic carbocycles. The monoisotopic (exact) mass is 369 g/mol. The first kappa shape index (κ1) is 17.2. The number of benzene rings is 2. The number of ether oxygens (including phenoxy) is 1. The lowest BCUT2D eigenvalue weighted by molar-refractivity contribution is -0.122. The number of nitriles is 1. The first-order valence-electron chi connectivity index (χ1n) is 6.32. The fourth-order valence-corrected chi connectivity index (χ4v) is 2.52. The van der Waals surface area contributed by atoms with Crippen molar-refractivity contribution in [2.24, 2.45) is 0 Å². The number of nitrogens with zero attached hydrogens (tertiary/aromatic N) is 1. The molecule has 8 heteroatoms. The summed E-state index contributed by atoms with van der Waals surface area (Å²) in [5.74, 6) is 0.0400. The number of anilines is 1. The molecule has 0 unspecified atom stereocenters. The maximum Gasteiger partial charge on any atom is 0.276 e. The maximum atomic E-state index is 11.7. The van der Waals surface area contributed by atoms with Crippen LogP contribution in [-0.2, 0) is 4.79 Å². The average molecular weight is 371 g/mol. The topological polar surface area (TPSA) is 74.1 Å². The molecule has 0 bridgehead atoms. The number of carbonyl (C=O) groups excluding carboxylic acids is 1. The zero-order valence-electron chi connectivity index (χ0n) is 11.6. The molecule has 5 nitrogen and oxygen atoms in total. The number of rotatable bonds is 5. The Morgan fingerprint density at radius 2 is 1.74 bits per heavy atom. The number of halogens is 3. The van der Waals surface area contributed by atoms with Crippen molar-refractivity contribution in [3.05, 3.63) is 57.0 Å². The highest BCUT2D eigenvalue weighted by Crippen LogP contribution is 2.32. The third kappa shape index (κ3) is 4.93. The summed E-state index contributed by atoms with van der Waals surface area (Å²) < 4.78 is 5.29. The van der Waals surface area contributed by atoms with Gasteiger partial charge in [-0.1, -0.05) is 34.8 Å². The molecule has 0 heterocycles. The van der Waals surface area contributed by atoms with Gasteiger partial charge in [-0.3, -0.25) is 15.6 Å². The predicted molar refractivity (Wildman–Crippen MR) is 89.9 cm³/mol. The maximum absolute atomic E-state index is 11.7. The Morgan fingerprint density at radius 1 is 1.13 bits per heavy atom. The van der Waals surface area contributed by atoms with E-state index >= 15 is 0 Å². The minimum Gasteiger partial charge on any atom is -0.484 e. The number of nitrogens with one attached hydrogen (secondary N) is 2. The molecular formula is C15H10Cl3N3O2. The van der Waals surface area contributed by atoms with Crippen LogP contribution in [0.2, 0.25) is 15.1 Å². The Balaban J connectivity index is 1.87. The summed E-state index contributed by atoms with van der Waals surface area (Å²) in [6.07, 6.45) is 0. The smallest absolute Gasteiger partial charge is 0.276 e. The highest BCUT2D eigenvalue weighted by Gasteiger charge is 2.09. The lowest BCUT2D eigenvalue weighted by Crippen LogP contribution is -2.33. The number of hydrogen-bond donors (Lipinski definition) is 2. The molecule has 0 saturated carbocycles. The highest BCUT2D eigenvalue weighted by atomic mass is 35.5. The average Bonchev–Trinajstić information content (AvgIpc) is 2.52. The van der Waals surface area contributed by atoms with E-state index < -0.39 is 5.91 Å². The molecule has 0 atom stereocenters. The molecule has 118 valence electrons. The number of hydrazine groups is 1. The molecule has 0 radical (unpaired) electrons. The van der Waals surface area contributed by atoms with E-state index in [-0.39, 0.29) is 16.7 Å². The van der Waals surface area contributed by atoms with Crippen LogP contribution in [-0.4, -0.2) is 12.5 Å².